The Morgan fingerprint density at radius 1 is 1.14 bits per heavy atom. The van der Waals surface area contributed by atoms with E-state index in [1.807, 2.05) is 0 Å². The third kappa shape index (κ3) is 3.61. The SMILES string of the molecule is CC12CCC3c4ccc(O[Si](C)(C)C(C)(C)C)cc4CCC3C1CC[C@@H]2CCO. The Morgan fingerprint density at radius 3 is 2.59 bits per heavy atom. The lowest BCUT2D eigenvalue weighted by molar-refractivity contribution is 0.0209. The highest BCUT2D eigenvalue weighted by atomic mass is 28.4. The zero-order valence-electron chi connectivity index (χ0n) is 19.6. The summed E-state index contributed by atoms with van der Waals surface area (Å²) < 4.78 is 6.61. The van der Waals surface area contributed by atoms with Gasteiger partial charge >= 0.3 is 0 Å². The Morgan fingerprint density at radius 2 is 1.90 bits per heavy atom. The summed E-state index contributed by atoms with van der Waals surface area (Å²) in [6.45, 7) is 14.5. The molecule has 29 heavy (non-hydrogen) atoms. The average Bonchev–Trinajstić information content (AvgIpc) is 2.97. The van der Waals surface area contributed by atoms with Gasteiger partial charge in [0.05, 0.1) is 0 Å². The van der Waals surface area contributed by atoms with E-state index in [1.54, 1.807) is 11.1 Å². The predicted octanol–water partition coefficient (Wildman–Crippen LogP) is 6.93. The number of rotatable bonds is 4. The number of fused-ring (bicyclic) bond motifs is 5. The first-order chi connectivity index (χ1) is 13.6. The number of hydrogen-bond acceptors (Lipinski definition) is 2. The Labute approximate surface area is 179 Å². The van der Waals surface area contributed by atoms with Crippen molar-refractivity contribution in [3.8, 4) is 5.75 Å². The van der Waals surface area contributed by atoms with Gasteiger partial charge in [-0.1, -0.05) is 33.8 Å². The molecule has 1 N–H and O–H groups in total. The maximum atomic E-state index is 9.54. The largest absolute Gasteiger partial charge is 0.543 e. The maximum Gasteiger partial charge on any atom is 0.250 e. The highest BCUT2D eigenvalue weighted by Gasteiger charge is 2.54. The zero-order chi connectivity index (χ0) is 21.0. The highest BCUT2D eigenvalue weighted by Crippen LogP contribution is 2.63. The normalized spacial score (nSPS) is 34.3. The zero-order valence-corrected chi connectivity index (χ0v) is 20.6. The molecule has 2 nitrogen and oxygen atoms in total. The molecule has 1 aromatic carbocycles. The summed E-state index contributed by atoms with van der Waals surface area (Å²) in [5, 5.41) is 9.77. The predicted molar refractivity (Wildman–Crippen MR) is 124 cm³/mol. The van der Waals surface area contributed by atoms with Crippen LogP contribution in [0.25, 0.3) is 0 Å². The van der Waals surface area contributed by atoms with Crippen LogP contribution in [0, 0.1) is 23.2 Å². The molecule has 0 bridgehead atoms. The van der Waals surface area contributed by atoms with Gasteiger partial charge in [-0.3, -0.25) is 0 Å². The lowest BCUT2D eigenvalue weighted by Gasteiger charge is -2.51. The summed E-state index contributed by atoms with van der Waals surface area (Å²) in [5.41, 5.74) is 3.64. The first-order valence-electron chi connectivity index (χ1n) is 12.0. The topological polar surface area (TPSA) is 29.5 Å². The van der Waals surface area contributed by atoms with Gasteiger partial charge in [-0.05, 0) is 115 Å². The van der Waals surface area contributed by atoms with E-state index >= 15 is 0 Å². The van der Waals surface area contributed by atoms with Crippen molar-refractivity contribution in [3.63, 3.8) is 0 Å². The van der Waals surface area contributed by atoms with Crippen LogP contribution in [0.4, 0.5) is 0 Å². The van der Waals surface area contributed by atoms with E-state index in [4.69, 9.17) is 4.43 Å². The van der Waals surface area contributed by atoms with Crippen LogP contribution in [0.3, 0.4) is 0 Å². The average molecular weight is 415 g/mol. The van der Waals surface area contributed by atoms with Crippen molar-refractivity contribution >= 4 is 8.32 Å². The summed E-state index contributed by atoms with van der Waals surface area (Å²) in [6.07, 6.45) is 8.94. The van der Waals surface area contributed by atoms with Crippen LogP contribution in [-0.2, 0) is 6.42 Å². The van der Waals surface area contributed by atoms with Gasteiger partial charge in [0.15, 0.2) is 0 Å². The Bertz CT molecular complexity index is 750. The van der Waals surface area contributed by atoms with Gasteiger partial charge in [0.2, 0.25) is 8.32 Å². The minimum absolute atomic E-state index is 0.232. The third-order valence-electron chi connectivity index (χ3n) is 9.55. The second kappa shape index (κ2) is 7.41. The molecule has 0 radical (unpaired) electrons. The fourth-order valence-electron chi connectivity index (χ4n) is 6.81. The molecule has 0 saturated heterocycles. The van der Waals surface area contributed by atoms with Crippen LogP contribution >= 0.6 is 0 Å². The van der Waals surface area contributed by atoms with E-state index in [0.717, 1.165) is 35.8 Å². The lowest BCUT2D eigenvalue weighted by Crippen LogP contribution is -2.44. The molecule has 3 heteroatoms. The van der Waals surface area contributed by atoms with Crippen molar-refractivity contribution in [3.05, 3.63) is 29.3 Å². The van der Waals surface area contributed by atoms with Crippen LogP contribution in [0.15, 0.2) is 18.2 Å². The van der Waals surface area contributed by atoms with Crippen LogP contribution in [0.1, 0.15) is 83.3 Å². The van der Waals surface area contributed by atoms with E-state index in [0.29, 0.717) is 12.0 Å². The van der Waals surface area contributed by atoms with Crippen molar-refractivity contribution < 1.29 is 9.53 Å². The van der Waals surface area contributed by atoms with Crippen LogP contribution in [0.5, 0.6) is 5.75 Å². The smallest absolute Gasteiger partial charge is 0.250 e. The first kappa shape index (κ1) is 21.4. The molecule has 3 aliphatic rings. The molecule has 0 amide bonds. The standard InChI is InChI=1S/C26H42O2Si/c1-25(2,3)29(5,6)28-20-9-11-21-18(17-20)7-10-23-22(21)13-15-26(4)19(14-16-27)8-12-24(23)26/h9,11,17,19,22-24,27H,7-8,10,12-16H2,1-6H3/t19-,22?,23?,24?,26?/m1/s1. The molecule has 5 atom stereocenters. The monoisotopic (exact) mass is 414 g/mol. The molecular formula is C26H42O2Si. The Balaban J connectivity index is 1.55. The molecule has 1 aromatic rings. The molecule has 0 aliphatic heterocycles. The van der Waals surface area contributed by atoms with Crippen molar-refractivity contribution in [2.75, 3.05) is 6.61 Å². The molecule has 0 spiro atoms. The lowest BCUT2D eigenvalue weighted by atomic mass is 9.54. The van der Waals surface area contributed by atoms with Crippen LogP contribution in [0.2, 0.25) is 18.1 Å². The third-order valence-corrected chi connectivity index (χ3v) is 13.9. The molecule has 4 rings (SSSR count). The van der Waals surface area contributed by atoms with Gasteiger partial charge in [-0.25, -0.2) is 0 Å². The van der Waals surface area contributed by atoms with Gasteiger partial charge in [0.25, 0.3) is 0 Å². The van der Waals surface area contributed by atoms with Crippen molar-refractivity contribution in [1.29, 1.82) is 0 Å². The minimum Gasteiger partial charge on any atom is -0.543 e. The molecule has 0 aromatic heterocycles. The van der Waals surface area contributed by atoms with E-state index < -0.39 is 8.32 Å². The molecular weight excluding hydrogens is 372 g/mol. The summed E-state index contributed by atoms with van der Waals surface area (Å²) in [7, 11) is -1.79. The van der Waals surface area contributed by atoms with Gasteiger partial charge in [-0.15, -0.1) is 0 Å². The summed E-state index contributed by atoms with van der Waals surface area (Å²) in [6, 6.07) is 7.05. The second-order valence-corrected chi connectivity index (χ2v) is 16.7. The molecule has 4 unspecified atom stereocenters. The summed E-state index contributed by atoms with van der Waals surface area (Å²) >= 11 is 0. The van der Waals surface area contributed by atoms with Crippen LogP contribution in [-0.4, -0.2) is 20.0 Å². The molecule has 2 saturated carbocycles. The van der Waals surface area contributed by atoms with Crippen LogP contribution < -0.4 is 4.43 Å². The van der Waals surface area contributed by atoms with E-state index in [2.05, 4.69) is 59.0 Å². The summed E-state index contributed by atoms with van der Waals surface area (Å²) in [5.74, 6) is 4.27. The molecule has 0 heterocycles. The van der Waals surface area contributed by atoms with Crippen molar-refractivity contribution in [2.24, 2.45) is 23.2 Å². The Hall–Kier alpha value is -0.803. The fourth-order valence-corrected chi connectivity index (χ4v) is 7.83. The van der Waals surface area contributed by atoms with Crippen molar-refractivity contribution in [2.45, 2.75) is 96.7 Å². The number of aliphatic hydroxyl groups excluding tert-OH is 1. The highest BCUT2D eigenvalue weighted by molar-refractivity contribution is 6.74. The van der Waals surface area contributed by atoms with Gasteiger partial charge < -0.3 is 9.53 Å². The fraction of sp³-hybridized carbons (Fsp3) is 0.769. The van der Waals surface area contributed by atoms with Gasteiger partial charge in [0, 0.05) is 6.61 Å². The van der Waals surface area contributed by atoms with Gasteiger partial charge in [-0.2, -0.15) is 0 Å². The number of benzene rings is 1. The quantitative estimate of drug-likeness (QED) is 0.541. The van der Waals surface area contributed by atoms with E-state index in [-0.39, 0.29) is 5.04 Å². The van der Waals surface area contributed by atoms with E-state index in [9.17, 15) is 5.11 Å². The summed E-state index contributed by atoms with van der Waals surface area (Å²) in [4.78, 5) is 0. The second-order valence-electron chi connectivity index (χ2n) is 12.0. The first-order valence-corrected chi connectivity index (χ1v) is 14.9. The maximum absolute atomic E-state index is 9.54. The molecule has 162 valence electrons. The minimum atomic E-state index is -1.79. The van der Waals surface area contributed by atoms with Gasteiger partial charge in [0.1, 0.15) is 5.75 Å². The van der Waals surface area contributed by atoms with Crippen molar-refractivity contribution in [1.82, 2.24) is 0 Å². The Kier molecular flexibility index (Phi) is 5.47. The van der Waals surface area contributed by atoms with E-state index in [1.165, 1.54) is 38.5 Å². The molecule has 2 fully saturated rings. The number of hydrogen-bond donors (Lipinski definition) is 1. The number of aliphatic hydroxyl groups is 1. The number of aryl methyl sites for hydroxylation is 1. The molecule has 3 aliphatic carbocycles.